The third-order valence-corrected chi connectivity index (χ3v) is 2.26. The van der Waals surface area contributed by atoms with E-state index >= 15 is 0 Å². The van der Waals surface area contributed by atoms with Crippen molar-refractivity contribution in [3.63, 3.8) is 0 Å². The van der Waals surface area contributed by atoms with Crippen LogP contribution in [0.3, 0.4) is 0 Å². The molecule has 0 spiro atoms. The van der Waals surface area contributed by atoms with Crippen LogP contribution in [0.5, 0.6) is 0 Å². The summed E-state index contributed by atoms with van der Waals surface area (Å²) >= 11 is 0. The molecule has 15 heavy (non-hydrogen) atoms. The minimum atomic E-state index is -3.34. The van der Waals surface area contributed by atoms with E-state index in [0.29, 0.717) is 5.69 Å². The molecule has 0 bridgehead atoms. The van der Waals surface area contributed by atoms with Gasteiger partial charge >= 0.3 is 0 Å². The molecule has 1 rings (SSSR count). The summed E-state index contributed by atoms with van der Waals surface area (Å²) in [6, 6.07) is 0. The summed E-state index contributed by atoms with van der Waals surface area (Å²) in [6.45, 7) is 0. The van der Waals surface area contributed by atoms with Gasteiger partial charge in [0.1, 0.15) is 5.69 Å². The number of nitrogens with zero attached hydrogens (tertiary/aromatic N) is 4. The van der Waals surface area contributed by atoms with Crippen molar-refractivity contribution in [1.82, 2.24) is 14.9 Å². The van der Waals surface area contributed by atoms with Crippen LogP contribution in [0.15, 0.2) is 22.5 Å². The fraction of sp³-hybridized carbons (Fsp3) is 0.375. The molecule has 0 N–H and O–H groups in total. The molecule has 0 saturated heterocycles. The zero-order chi connectivity index (χ0) is 11.5. The van der Waals surface area contributed by atoms with Crippen LogP contribution in [0.1, 0.15) is 0 Å². The van der Waals surface area contributed by atoms with Gasteiger partial charge in [0, 0.05) is 20.4 Å². The fourth-order valence-electron chi connectivity index (χ4n) is 0.750. The predicted molar refractivity (Wildman–Crippen MR) is 57.0 cm³/mol. The lowest BCUT2D eigenvalue weighted by molar-refractivity contribution is 0.593. The van der Waals surface area contributed by atoms with Crippen LogP contribution in [-0.4, -0.2) is 50.0 Å². The molecule has 0 fully saturated rings. The Labute approximate surface area is 88.6 Å². The predicted octanol–water partition coefficient (Wildman–Crippen LogP) is 0.101. The SMILES string of the molecule is CN(C)C=Nc1cnc(S(C)(=O)=O)nc1. The van der Waals surface area contributed by atoms with Gasteiger partial charge in [-0.15, -0.1) is 0 Å². The van der Waals surface area contributed by atoms with E-state index in [1.54, 1.807) is 11.2 Å². The average molecular weight is 228 g/mol. The molecule has 82 valence electrons. The van der Waals surface area contributed by atoms with Gasteiger partial charge < -0.3 is 4.90 Å². The number of rotatable bonds is 3. The molecule has 0 aliphatic carbocycles. The van der Waals surface area contributed by atoms with Crippen LogP contribution < -0.4 is 0 Å². The molecule has 6 nitrogen and oxygen atoms in total. The molecular weight excluding hydrogens is 216 g/mol. The number of hydrogen-bond acceptors (Lipinski definition) is 5. The van der Waals surface area contributed by atoms with Gasteiger partial charge in [0.15, 0.2) is 0 Å². The van der Waals surface area contributed by atoms with Gasteiger partial charge in [0.25, 0.3) is 0 Å². The Morgan fingerprint density at radius 3 is 2.27 bits per heavy atom. The molecular formula is C8H12N4O2S. The maximum absolute atomic E-state index is 11.0. The van der Waals surface area contributed by atoms with Gasteiger partial charge in [0.05, 0.1) is 18.7 Å². The maximum atomic E-state index is 11.0. The van der Waals surface area contributed by atoms with Crippen LogP contribution in [0.2, 0.25) is 0 Å². The zero-order valence-electron chi connectivity index (χ0n) is 8.75. The summed E-state index contributed by atoms with van der Waals surface area (Å²) in [4.78, 5) is 13.2. The van der Waals surface area contributed by atoms with E-state index in [9.17, 15) is 8.42 Å². The van der Waals surface area contributed by atoms with E-state index in [4.69, 9.17) is 0 Å². The van der Waals surface area contributed by atoms with E-state index in [-0.39, 0.29) is 5.16 Å². The second-order valence-electron chi connectivity index (χ2n) is 3.20. The first-order chi connectivity index (χ1) is 6.89. The molecule has 0 aliphatic rings. The van der Waals surface area contributed by atoms with E-state index in [2.05, 4.69) is 15.0 Å². The van der Waals surface area contributed by atoms with Gasteiger partial charge in [-0.3, -0.25) is 0 Å². The van der Waals surface area contributed by atoms with Crippen molar-refractivity contribution in [2.75, 3.05) is 20.4 Å². The summed E-state index contributed by atoms with van der Waals surface area (Å²) in [5.74, 6) is 0. The van der Waals surface area contributed by atoms with E-state index in [1.807, 2.05) is 14.1 Å². The smallest absolute Gasteiger partial charge is 0.246 e. The standard InChI is InChI=1S/C8H12N4O2S/c1-12(2)6-11-7-4-9-8(10-5-7)15(3,13)14/h4-6H,1-3H3. The highest BCUT2D eigenvalue weighted by Gasteiger charge is 2.09. The molecule has 1 heterocycles. The van der Waals surface area contributed by atoms with Crippen molar-refractivity contribution in [2.45, 2.75) is 5.16 Å². The summed E-state index contributed by atoms with van der Waals surface area (Å²) in [5, 5.41) is -0.189. The third kappa shape index (κ3) is 3.62. The number of aromatic nitrogens is 2. The lowest BCUT2D eigenvalue weighted by atomic mass is 10.6. The molecule has 7 heteroatoms. The monoisotopic (exact) mass is 228 g/mol. The first-order valence-electron chi connectivity index (χ1n) is 4.12. The van der Waals surface area contributed by atoms with Crippen LogP contribution in [-0.2, 0) is 9.84 Å². The number of sulfone groups is 1. The molecule has 0 aliphatic heterocycles. The molecule has 0 radical (unpaired) electrons. The highest BCUT2D eigenvalue weighted by Crippen LogP contribution is 2.09. The second-order valence-corrected chi connectivity index (χ2v) is 5.11. The van der Waals surface area contributed by atoms with Gasteiger partial charge in [-0.1, -0.05) is 0 Å². The summed E-state index contributed by atoms with van der Waals surface area (Å²) in [7, 11) is 0.322. The highest BCUT2D eigenvalue weighted by molar-refractivity contribution is 7.90. The van der Waals surface area contributed by atoms with E-state index in [0.717, 1.165) is 6.26 Å². The fourth-order valence-corrected chi connectivity index (χ4v) is 1.24. The number of hydrogen-bond donors (Lipinski definition) is 0. The number of aliphatic imine (C=N–C) groups is 1. The Morgan fingerprint density at radius 2 is 1.87 bits per heavy atom. The summed E-state index contributed by atoms with van der Waals surface area (Å²) in [5.41, 5.74) is 0.510. The van der Waals surface area contributed by atoms with Crippen LogP contribution in [0, 0.1) is 0 Å². The minimum Gasteiger partial charge on any atom is -0.369 e. The largest absolute Gasteiger partial charge is 0.369 e. The van der Waals surface area contributed by atoms with Gasteiger partial charge in [-0.2, -0.15) is 0 Å². The summed E-state index contributed by atoms with van der Waals surface area (Å²) in [6.07, 6.45) is 5.37. The molecule has 1 aromatic heterocycles. The lowest BCUT2D eigenvalue weighted by Crippen LogP contribution is -2.07. The lowest BCUT2D eigenvalue weighted by Gasteiger charge is -2.01. The minimum absolute atomic E-state index is 0.189. The van der Waals surface area contributed by atoms with Gasteiger partial charge in [-0.05, 0) is 0 Å². The maximum Gasteiger partial charge on any atom is 0.246 e. The van der Waals surface area contributed by atoms with Crippen molar-refractivity contribution in [3.8, 4) is 0 Å². The second kappa shape index (κ2) is 4.35. The first-order valence-corrected chi connectivity index (χ1v) is 6.01. The van der Waals surface area contributed by atoms with Gasteiger partial charge in [-0.25, -0.2) is 23.4 Å². The third-order valence-electron chi connectivity index (χ3n) is 1.38. The summed E-state index contributed by atoms with van der Waals surface area (Å²) < 4.78 is 22.1. The Bertz CT molecular complexity index is 450. The van der Waals surface area contributed by atoms with Crippen molar-refractivity contribution in [2.24, 2.45) is 4.99 Å². The average Bonchev–Trinajstić information content (AvgIpc) is 2.14. The topological polar surface area (TPSA) is 75.5 Å². The first kappa shape index (κ1) is 11.6. The molecule has 1 aromatic rings. The molecule has 0 amide bonds. The van der Waals surface area contributed by atoms with E-state index in [1.165, 1.54) is 12.4 Å². The quantitative estimate of drug-likeness (QED) is 0.416. The Kier molecular flexibility index (Phi) is 3.35. The zero-order valence-corrected chi connectivity index (χ0v) is 9.56. The Balaban J connectivity index is 2.91. The Morgan fingerprint density at radius 1 is 1.33 bits per heavy atom. The van der Waals surface area contributed by atoms with E-state index < -0.39 is 9.84 Å². The van der Waals surface area contributed by atoms with Crippen molar-refractivity contribution >= 4 is 21.9 Å². The Hall–Kier alpha value is -1.50. The van der Waals surface area contributed by atoms with Crippen LogP contribution >= 0.6 is 0 Å². The molecule has 0 atom stereocenters. The molecule has 0 saturated carbocycles. The van der Waals surface area contributed by atoms with Crippen molar-refractivity contribution in [1.29, 1.82) is 0 Å². The van der Waals surface area contributed by atoms with Crippen molar-refractivity contribution in [3.05, 3.63) is 12.4 Å². The molecule has 0 unspecified atom stereocenters. The van der Waals surface area contributed by atoms with Crippen LogP contribution in [0.4, 0.5) is 5.69 Å². The van der Waals surface area contributed by atoms with Crippen LogP contribution in [0.25, 0.3) is 0 Å². The normalized spacial score (nSPS) is 11.9. The molecule has 0 aromatic carbocycles. The van der Waals surface area contributed by atoms with Gasteiger partial charge in [0.2, 0.25) is 15.0 Å². The highest BCUT2D eigenvalue weighted by atomic mass is 32.2. The van der Waals surface area contributed by atoms with Crippen molar-refractivity contribution < 1.29 is 8.42 Å².